The summed E-state index contributed by atoms with van der Waals surface area (Å²) >= 11 is 0. The first-order chi connectivity index (χ1) is 7.67. The molecule has 1 atom stereocenters. The summed E-state index contributed by atoms with van der Waals surface area (Å²) in [4.78, 5) is 11.4. The molecule has 0 aromatic heterocycles. The molecule has 0 saturated carbocycles. The molecule has 1 amide bonds. The van der Waals surface area contributed by atoms with Crippen molar-refractivity contribution >= 4 is 11.6 Å². The molecular formula is C12H13N2O2. The zero-order chi connectivity index (χ0) is 12.0. The Morgan fingerprint density at radius 2 is 2.06 bits per heavy atom. The predicted octanol–water partition coefficient (Wildman–Crippen LogP) is 1.76. The first-order valence-electron chi connectivity index (χ1n) is 5.05. The van der Waals surface area contributed by atoms with Crippen molar-refractivity contribution in [3.8, 4) is 6.07 Å². The Morgan fingerprint density at radius 3 is 2.56 bits per heavy atom. The first kappa shape index (κ1) is 12.2. The van der Waals surface area contributed by atoms with E-state index in [1.165, 1.54) is 0 Å². The van der Waals surface area contributed by atoms with Crippen LogP contribution in [0.3, 0.4) is 0 Å². The monoisotopic (exact) mass is 217 g/mol. The summed E-state index contributed by atoms with van der Waals surface area (Å²) in [5.41, 5.74) is 1.59. The molecule has 0 heterocycles. The molecule has 0 aliphatic heterocycles. The number of carbonyl (C=O) groups excluding carboxylic acids is 1. The lowest BCUT2D eigenvalue weighted by Gasteiger charge is -2.06. The fraction of sp³-hybridized carbons (Fsp3) is 0.333. The van der Waals surface area contributed by atoms with Crippen molar-refractivity contribution in [2.24, 2.45) is 5.92 Å². The van der Waals surface area contributed by atoms with Gasteiger partial charge in [-0.25, -0.2) is 5.11 Å². The van der Waals surface area contributed by atoms with Gasteiger partial charge in [0.25, 0.3) is 0 Å². The molecule has 83 valence electrons. The third-order valence-electron chi connectivity index (χ3n) is 2.20. The number of carbonyl (C=O) groups is 1. The van der Waals surface area contributed by atoms with Gasteiger partial charge < -0.3 is 5.32 Å². The minimum absolute atomic E-state index is 0.142. The zero-order valence-electron chi connectivity index (χ0n) is 9.06. The van der Waals surface area contributed by atoms with E-state index in [-0.39, 0.29) is 12.5 Å². The first-order valence-corrected chi connectivity index (χ1v) is 5.05. The largest absolute Gasteiger partial charge is 0.325 e. The average molecular weight is 217 g/mol. The summed E-state index contributed by atoms with van der Waals surface area (Å²) in [6.45, 7) is 1.40. The van der Waals surface area contributed by atoms with Crippen molar-refractivity contribution in [1.82, 2.24) is 0 Å². The highest BCUT2D eigenvalue weighted by atomic mass is 16.2. The van der Waals surface area contributed by atoms with E-state index in [4.69, 9.17) is 5.26 Å². The number of nitrogens with one attached hydrogen (secondary N) is 1. The molecule has 16 heavy (non-hydrogen) atoms. The summed E-state index contributed by atoms with van der Waals surface area (Å²) < 4.78 is 0. The summed E-state index contributed by atoms with van der Waals surface area (Å²) in [5.74, 6) is -0.986. The van der Waals surface area contributed by atoms with Crippen molar-refractivity contribution < 1.29 is 9.90 Å². The molecule has 0 saturated heterocycles. The lowest BCUT2D eigenvalue weighted by atomic mass is 10.1. The summed E-state index contributed by atoms with van der Waals surface area (Å²) in [5, 5.41) is 21.6. The van der Waals surface area contributed by atoms with Crippen LogP contribution in [0.2, 0.25) is 0 Å². The maximum Gasteiger partial charge on any atom is 0.241 e. The SMILES string of the molecule is CC(C#N)C(=O)Nc1ccc(CC[O])cc1. The van der Waals surface area contributed by atoms with Gasteiger partial charge in [0.1, 0.15) is 5.92 Å². The second-order valence-corrected chi connectivity index (χ2v) is 3.49. The van der Waals surface area contributed by atoms with Gasteiger partial charge in [0.15, 0.2) is 0 Å². The number of hydrogen-bond donors (Lipinski definition) is 1. The molecule has 0 fully saturated rings. The predicted molar refractivity (Wildman–Crippen MR) is 59.1 cm³/mol. The van der Waals surface area contributed by atoms with Crippen molar-refractivity contribution in [3.63, 3.8) is 0 Å². The van der Waals surface area contributed by atoms with Gasteiger partial charge in [0, 0.05) is 5.69 Å². The van der Waals surface area contributed by atoms with E-state index >= 15 is 0 Å². The van der Waals surface area contributed by atoms with Gasteiger partial charge in [-0.1, -0.05) is 12.1 Å². The normalized spacial score (nSPS) is 11.6. The molecule has 4 heteroatoms. The summed E-state index contributed by atoms with van der Waals surface area (Å²) in [6.07, 6.45) is 0.489. The second kappa shape index (κ2) is 5.89. The quantitative estimate of drug-likeness (QED) is 0.834. The van der Waals surface area contributed by atoms with Crippen LogP contribution in [0.15, 0.2) is 24.3 Å². The number of rotatable bonds is 4. The van der Waals surface area contributed by atoms with Crippen molar-refractivity contribution in [2.45, 2.75) is 13.3 Å². The van der Waals surface area contributed by atoms with Gasteiger partial charge in [0.2, 0.25) is 5.91 Å². The molecular weight excluding hydrogens is 204 g/mol. The summed E-state index contributed by atoms with van der Waals surface area (Å²) in [6, 6.07) is 8.91. The minimum atomic E-state index is -0.665. The Hall–Kier alpha value is -1.86. The van der Waals surface area contributed by atoms with E-state index < -0.39 is 5.92 Å². The van der Waals surface area contributed by atoms with Crippen LogP contribution in [0, 0.1) is 17.2 Å². The Morgan fingerprint density at radius 1 is 1.44 bits per heavy atom. The number of benzene rings is 1. The van der Waals surface area contributed by atoms with Crippen LogP contribution in [0.4, 0.5) is 5.69 Å². The number of nitriles is 1. The minimum Gasteiger partial charge on any atom is -0.325 e. The molecule has 0 aliphatic rings. The van der Waals surface area contributed by atoms with Gasteiger partial charge in [0.05, 0.1) is 12.7 Å². The molecule has 4 nitrogen and oxygen atoms in total. The Kier molecular flexibility index (Phi) is 4.49. The number of anilines is 1. The van der Waals surface area contributed by atoms with E-state index in [1.54, 1.807) is 31.2 Å². The topological polar surface area (TPSA) is 72.8 Å². The van der Waals surface area contributed by atoms with E-state index in [0.29, 0.717) is 12.1 Å². The van der Waals surface area contributed by atoms with Crippen LogP contribution >= 0.6 is 0 Å². The zero-order valence-corrected chi connectivity index (χ0v) is 9.06. The van der Waals surface area contributed by atoms with Crippen LogP contribution in [0.1, 0.15) is 12.5 Å². The Labute approximate surface area is 94.5 Å². The maximum absolute atomic E-state index is 11.4. The standard InChI is InChI=1S/C12H13N2O2/c1-9(8-13)12(16)14-11-4-2-10(3-5-11)6-7-15/h2-5,9H,6-7H2,1H3,(H,14,16). The molecule has 0 bridgehead atoms. The average Bonchev–Trinajstić information content (AvgIpc) is 2.31. The van der Waals surface area contributed by atoms with Crippen molar-refractivity contribution in [2.75, 3.05) is 11.9 Å². The van der Waals surface area contributed by atoms with Gasteiger partial charge in [-0.3, -0.25) is 4.79 Å². The van der Waals surface area contributed by atoms with Crippen LogP contribution in [-0.4, -0.2) is 12.5 Å². The van der Waals surface area contributed by atoms with Crippen molar-refractivity contribution in [3.05, 3.63) is 29.8 Å². The molecule has 1 radical (unpaired) electrons. The fourth-order valence-electron chi connectivity index (χ4n) is 1.18. The number of amides is 1. The van der Waals surface area contributed by atoms with Crippen LogP contribution < -0.4 is 5.32 Å². The van der Waals surface area contributed by atoms with E-state index in [0.717, 1.165) is 5.56 Å². The van der Waals surface area contributed by atoms with E-state index in [1.807, 2.05) is 6.07 Å². The second-order valence-electron chi connectivity index (χ2n) is 3.49. The third kappa shape index (κ3) is 3.37. The lowest BCUT2D eigenvalue weighted by molar-refractivity contribution is -0.117. The Bertz CT molecular complexity index is 392. The maximum atomic E-state index is 11.4. The summed E-state index contributed by atoms with van der Waals surface area (Å²) in [7, 11) is 0. The van der Waals surface area contributed by atoms with Crippen LogP contribution in [0.5, 0.6) is 0 Å². The Balaban J connectivity index is 2.62. The highest BCUT2D eigenvalue weighted by Crippen LogP contribution is 2.11. The van der Waals surface area contributed by atoms with Crippen molar-refractivity contribution in [1.29, 1.82) is 5.26 Å². The molecule has 1 N–H and O–H groups in total. The third-order valence-corrected chi connectivity index (χ3v) is 2.20. The molecule has 1 rings (SSSR count). The fourth-order valence-corrected chi connectivity index (χ4v) is 1.18. The lowest BCUT2D eigenvalue weighted by Crippen LogP contribution is -2.18. The molecule has 1 unspecified atom stereocenters. The molecule has 1 aromatic rings. The highest BCUT2D eigenvalue weighted by molar-refractivity contribution is 5.93. The molecule has 0 aliphatic carbocycles. The molecule has 0 spiro atoms. The van der Waals surface area contributed by atoms with E-state index in [2.05, 4.69) is 5.32 Å². The van der Waals surface area contributed by atoms with Gasteiger partial charge in [-0.15, -0.1) is 0 Å². The van der Waals surface area contributed by atoms with Crippen LogP contribution in [0.25, 0.3) is 0 Å². The molecule has 1 aromatic carbocycles. The smallest absolute Gasteiger partial charge is 0.241 e. The highest BCUT2D eigenvalue weighted by Gasteiger charge is 2.11. The van der Waals surface area contributed by atoms with Gasteiger partial charge in [-0.2, -0.15) is 5.26 Å². The van der Waals surface area contributed by atoms with Gasteiger partial charge in [-0.05, 0) is 31.0 Å². The number of hydrogen-bond acceptors (Lipinski definition) is 2. The number of nitrogens with zero attached hydrogens (tertiary/aromatic N) is 1. The van der Waals surface area contributed by atoms with Crippen LogP contribution in [-0.2, 0) is 16.3 Å². The van der Waals surface area contributed by atoms with E-state index in [9.17, 15) is 9.90 Å². The van der Waals surface area contributed by atoms with Gasteiger partial charge >= 0.3 is 0 Å².